The number of carbonyl (C=O) groups excluding carboxylic acids is 1. The first kappa shape index (κ1) is 15.9. The van der Waals surface area contributed by atoms with Gasteiger partial charge in [-0.25, -0.2) is 4.79 Å². The van der Waals surface area contributed by atoms with Crippen molar-refractivity contribution < 1.29 is 19.4 Å². The zero-order valence-electron chi connectivity index (χ0n) is 11.7. The van der Waals surface area contributed by atoms with E-state index in [-0.39, 0.29) is 0 Å². The zero-order chi connectivity index (χ0) is 13.9. The molecule has 0 aliphatic heterocycles. The van der Waals surface area contributed by atoms with Crippen molar-refractivity contribution in [3.63, 3.8) is 0 Å². The summed E-state index contributed by atoms with van der Waals surface area (Å²) in [5.74, 6) is -1.19. The Balaban J connectivity index is 4.74. The molecule has 0 radical (unpaired) electrons. The van der Waals surface area contributed by atoms with Gasteiger partial charge in [-0.1, -0.05) is 13.8 Å². The van der Waals surface area contributed by atoms with Crippen molar-refractivity contribution in [2.24, 2.45) is 11.3 Å². The van der Waals surface area contributed by atoms with Gasteiger partial charge in [0.2, 0.25) is 5.60 Å². The van der Waals surface area contributed by atoms with E-state index in [9.17, 15) is 14.7 Å². The van der Waals surface area contributed by atoms with Crippen LogP contribution in [0.4, 0.5) is 0 Å². The highest BCUT2D eigenvalue weighted by Gasteiger charge is 2.40. The molecule has 0 fully saturated rings. The molecule has 0 amide bonds. The number of hydrogen-bond donors (Lipinski definition) is 1. The molecule has 1 atom stereocenters. The second-order valence-corrected chi connectivity index (χ2v) is 6.11. The van der Waals surface area contributed by atoms with Crippen LogP contribution in [0.2, 0.25) is 0 Å². The molecule has 0 saturated carbocycles. The van der Waals surface area contributed by atoms with Gasteiger partial charge in [-0.2, -0.15) is 0 Å². The molecule has 17 heavy (non-hydrogen) atoms. The van der Waals surface area contributed by atoms with Gasteiger partial charge in [-0.05, 0) is 46.5 Å². The Kier molecular flexibility index (Phi) is 5.17. The number of rotatable bonds is 5. The van der Waals surface area contributed by atoms with Crippen LogP contribution in [0.3, 0.4) is 0 Å². The van der Waals surface area contributed by atoms with E-state index in [0.29, 0.717) is 18.8 Å². The molecule has 100 valence electrons. The summed E-state index contributed by atoms with van der Waals surface area (Å²) >= 11 is 0. The highest BCUT2D eigenvalue weighted by Crippen LogP contribution is 2.26. The number of carboxylic acids is 1. The van der Waals surface area contributed by atoms with Gasteiger partial charge in [0.05, 0.1) is 5.41 Å². The molecule has 0 aromatic heterocycles. The van der Waals surface area contributed by atoms with E-state index in [1.807, 2.05) is 13.8 Å². The average molecular weight is 244 g/mol. The van der Waals surface area contributed by atoms with Gasteiger partial charge in [0, 0.05) is 0 Å². The van der Waals surface area contributed by atoms with Crippen molar-refractivity contribution in [1.82, 2.24) is 0 Å². The van der Waals surface area contributed by atoms with Crippen LogP contribution in [0, 0.1) is 11.3 Å². The molecule has 0 rings (SSSR count). The van der Waals surface area contributed by atoms with Gasteiger partial charge in [0.25, 0.3) is 0 Å². The third-order valence-electron chi connectivity index (χ3n) is 2.58. The largest absolute Gasteiger partial charge is 0.478 e. The number of aliphatic carboxylic acids is 1. The van der Waals surface area contributed by atoms with E-state index < -0.39 is 23.0 Å². The Morgan fingerprint density at radius 3 is 1.94 bits per heavy atom. The molecule has 0 saturated heterocycles. The summed E-state index contributed by atoms with van der Waals surface area (Å²) in [7, 11) is 0. The summed E-state index contributed by atoms with van der Waals surface area (Å²) in [4.78, 5) is 23.0. The van der Waals surface area contributed by atoms with Crippen molar-refractivity contribution in [1.29, 1.82) is 0 Å². The zero-order valence-corrected chi connectivity index (χ0v) is 11.7. The fourth-order valence-electron chi connectivity index (χ4n) is 1.12. The Morgan fingerprint density at radius 1 is 1.18 bits per heavy atom. The van der Waals surface area contributed by atoms with Crippen molar-refractivity contribution in [3.05, 3.63) is 0 Å². The lowest BCUT2D eigenvalue weighted by Gasteiger charge is -2.29. The molecular formula is C13H24O4. The average Bonchev–Trinajstić information content (AvgIpc) is 2.12. The Bertz CT molecular complexity index is 288. The van der Waals surface area contributed by atoms with Crippen molar-refractivity contribution in [3.8, 4) is 0 Å². The quantitative estimate of drug-likeness (QED) is 0.755. The van der Waals surface area contributed by atoms with Crippen LogP contribution in [0.15, 0.2) is 0 Å². The molecule has 0 heterocycles. The monoisotopic (exact) mass is 244 g/mol. The summed E-state index contributed by atoms with van der Waals surface area (Å²) in [6.45, 7) is 10.6. The van der Waals surface area contributed by atoms with Crippen LogP contribution in [0.25, 0.3) is 0 Å². The van der Waals surface area contributed by atoms with Gasteiger partial charge < -0.3 is 9.84 Å². The molecule has 0 bridgehead atoms. The fourth-order valence-corrected chi connectivity index (χ4v) is 1.12. The van der Waals surface area contributed by atoms with E-state index in [1.54, 1.807) is 20.8 Å². The van der Waals surface area contributed by atoms with Crippen molar-refractivity contribution in [2.45, 2.75) is 60.0 Å². The maximum absolute atomic E-state index is 11.7. The topological polar surface area (TPSA) is 63.6 Å². The number of esters is 1. The summed E-state index contributed by atoms with van der Waals surface area (Å²) in [6.07, 6.45) is 1.04. The van der Waals surface area contributed by atoms with E-state index in [1.165, 1.54) is 6.92 Å². The lowest BCUT2D eigenvalue weighted by molar-refractivity contribution is -0.183. The Morgan fingerprint density at radius 2 is 1.65 bits per heavy atom. The summed E-state index contributed by atoms with van der Waals surface area (Å²) < 4.78 is 5.18. The lowest BCUT2D eigenvalue weighted by Crippen LogP contribution is -2.43. The second kappa shape index (κ2) is 5.52. The molecule has 4 heteroatoms. The van der Waals surface area contributed by atoms with E-state index >= 15 is 0 Å². The predicted octanol–water partition coefficient (Wildman–Crippen LogP) is 2.86. The Labute approximate surface area is 103 Å². The molecule has 4 nitrogen and oxygen atoms in total. The molecular weight excluding hydrogens is 220 g/mol. The molecule has 0 aromatic rings. The molecule has 1 N–H and O–H groups in total. The fraction of sp³-hybridized carbons (Fsp3) is 0.846. The van der Waals surface area contributed by atoms with Crippen LogP contribution in [-0.4, -0.2) is 22.6 Å². The molecule has 0 spiro atoms. The standard InChI is InChI=1S/C13H24O4/c1-9(2)7-8-13(6,10(14)15)17-11(16)12(3,4)5/h9H,7-8H2,1-6H3,(H,14,15). The number of carbonyl (C=O) groups is 2. The van der Waals surface area contributed by atoms with Crippen LogP contribution in [0.5, 0.6) is 0 Å². The minimum absolute atomic E-state index is 0.335. The van der Waals surface area contributed by atoms with E-state index in [4.69, 9.17) is 4.74 Å². The number of carboxylic acid groups (broad SMARTS) is 1. The first-order valence-corrected chi connectivity index (χ1v) is 5.96. The SMILES string of the molecule is CC(C)CCC(C)(OC(=O)C(C)(C)C)C(=O)O. The summed E-state index contributed by atoms with van der Waals surface area (Å²) in [5.41, 5.74) is -2.11. The minimum atomic E-state index is -1.42. The molecule has 0 aromatic carbocycles. The van der Waals surface area contributed by atoms with Gasteiger partial charge in [-0.15, -0.1) is 0 Å². The maximum Gasteiger partial charge on any atom is 0.347 e. The van der Waals surface area contributed by atoms with Gasteiger partial charge in [-0.3, -0.25) is 4.79 Å². The first-order chi connectivity index (χ1) is 7.49. The van der Waals surface area contributed by atoms with Crippen LogP contribution >= 0.6 is 0 Å². The Hall–Kier alpha value is -1.06. The lowest BCUT2D eigenvalue weighted by atomic mass is 9.93. The minimum Gasteiger partial charge on any atom is -0.478 e. The van der Waals surface area contributed by atoms with Crippen molar-refractivity contribution >= 4 is 11.9 Å². The molecule has 0 aliphatic carbocycles. The van der Waals surface area contributed by atoms with Crippen molar-refractivity contribution in [2.75, 3.05) is 0 Å². The summed E-state index contributed by atoms with van der Waals surface area (Å²) in [5, 5.41) is 9.18. The number of hydrogen-bond acceptors (Lipinski definition) is 3. The second-order valence-electron chi connectivity index (χ2n) is 6.11. The first-order valence-electron chi connectivity index (χ1n) is 5.96. The maximum atomic E-state index is 11.7. The van der Waals surface area contributed by atoms with E-state index in [0.717, 1.165) is 0 Å². The van der Waals surface area contributed by atoms with Gasteiger partial charge in [0.1, 0.15) is 0 Å². The summed E-state index contributed by atoms with van der Waals surface area (Å²) in [6, 6.07) is 0. The number of ether oxygens (including phenoxy) is 1. The highest BCUT2D eigenvalue weighted by molar-refractivity contribution is 5.83. The smallest absolute Gasteiger partial charge is 0.347 e. The third kappa shape index (κ3) is 5.20. The normalized spacial score (nSPS) is 15.5. The van der Waals surface area contributed by atoms with Crippen LogP contribution in [0.1, 0.15) is 54.4 Å². The van der Waals surface area contributed by atoms with E-state index in [2.05, 4.69) is 0 Å². The van der Waals surface area contributed by atoms with Gasteiger partial charge in [0.15, 0.2) is 0 Å². The molecule has 1 unspecified atom stereocenters. The van der Waals surface area contributed by atoms with Gasteiger partial charge >= 0.3 is 11.9 Å². The predicted molar refractivity (Wildman–Crippen MR) is 65.7 cm³/mol. The molecule has 0 aliphatic rings. The van der Waals surface area contributed by atoms with Crippen LogP contribution < -0.4 is 0 Å². The third-order valence-corrected chi connectivity index (χ3v) is 2.58. The van der Waals surface area contributed by atoms with Crippen LogP contribution in [-0.2, 0) is 14.3 Å². The highest BCUT2D eigenvalue weighted by atomic mass is 16.6.